The Bertz CT molecular complexity index is 468. The molecule has 1 fully saturated rings. The van der Waals surface area contributed by atoms with Crippen molar-refractivity contribution in [2.24, 2.45) is 0 Å². The molecule has 0 saturated carbocycles. The molecule has 2 rings (SSSR count). The first-order valence-corrected chi connectivity index (χ1v) is 8.08. The smallest absolute Gasteiger partial charge is 0.351 e. The molecule has 0 radical (unpaired) electrons. The van der Waals surface area contributed by atoms with E-state index in [1.807, 2.05) is 6.26 Å². The summed E-state index contributed by atoms with van der Waals surface area (Å²) in [7, 11) is 3.27. The Morgan fingerprint density at radius 2 is 2.50 bits per heavy atom. The number of aromatic nitrogens is 2. The molecule has 2 heterocycles. The first-order chi connectivity index (χ1) is 8.65. The van der Waals surface area contributed by atoms with Crippen LogP contribution in [0.5, 0.6) is 0 Å². The molecule has 0 bridgehead atoms. The number of hydrogen-bond acceptors (Lipinski definition) is 7. The average molecular weight is 289 g/mol. The molecule has 1 aromatic heterocycles. The number of nitrogens with two attached hydrogens (primary N) is 1. The maximum absolute atomic E-state index is 11.7. The van der Waals surface area contributed by atoms with Crippen molar-refractivity contribution in [2.45, 2.75) is 24.0 Å². The van der Waals surface area contributed by atoms with E-state index < -0.39 is 5.69 Å². The molecule has 0 unspecified atom stereocenters. The fraction of sp³-hybridized carbons (Fsp3) is 0.600. The second-order valence-electron chi connectivity index (χ2n) is 3.89. The largest absolute Gasteiger partial charge is 0.394 e. The topological polar surface area (TPSA) is 90.4 Å². The second kappa shape index (κ2) is 5.96. The van der Waals surface area contributed by atoms with Crippen LogP contribution in [-0.2, 0) is 4.74 Å². The molecule has 0 spiro atoms. The summed E-state index contributed by atoms with van der Waals surface area (Å²) >= 11 is 0. The number of nitrogen functional groups attached to an aromatic ring is 1. The van der Waals surface area contributed by atoms with Crippen LogP contribution in [0.3, 0.4) is 0 Å². The lowest BCUT2D eigenvalue weighted by atomic mass is 10.2. The van der Waals surface area contributed by atoms with Crippen molar-refractivity contribution in [3.05, 3.63) is 22.7 Å². The highest BCUT2D eigenvalue weighted by atomic mass is 33.1. The normalized spacial score (nSPS) is 27.6. The van der Waals surface area contributed by atoms with Crippen LogP contribution >= 0.6 is 21.6 Å². The third-order valence-corrected chi connectivity index (χ3v) is 5.00. The van der Waals surface area contributed by atoms with Crippen LogP contribution in [-0.4, -0.2) is 38.9 Å². The predicted octanol–water partition coefficient (Wildman–Crippen LogP) is 0.485. The zero-order valence-electron chi connectivity index (χ0n) is 9.85. The highest BCUT2D eigenvalue weighted by molar-refractivity contribution is 8.76. The van der Waals surface area contributed by atoms with E-state index in [1.54, 1.807) is 33.9 Å². The van der Waals surface area contributed by atoms with Gasteiger partial charge in [0, 0.05) is 17.9 Å². The number of rotatable bonds is 4. The third kappa shape index (κ3) is 2.82. The van der Waals surface area contributed by atoms with Gasteiger partial charge in [0.05, 0.1) is 12.7 Å². The second-order valence-corrected chi connectivity index (χ2v) is 6.60. The van der Waals surface area contributed by atoms with E-state index in [4.69, 9.17) is 10.5 Å². The SMILES string of the molecule is CSS[C@@H]1C[C@H](n2ccc(N)nc2=O)O[C@@H]1CO. The molecule has 100 valence electrons. The summed E-state index contributed by atoms with van der Waals surface area (Å²) in [5.41, 5.74) is 5.02. The van der Waals surface area contributed by atoms with Gasteiger partial charge in [-0.1, -0.05) is 21.6 Å². The lowest BCUT2D eigenvalue weighted by Crippen LogP contribution is -2.27. The van der Waals surface area contributed by atoms with Crippen LogP contribution in [0.25, 0.3) is 0 Å². The molecular weight excluding hydrogens is 274 g/mol. The maximum Gasteiger partial charge on any atom is 0.351 e. The molecule has 1 aliphatic rings. The Hall–Kier alpha value is -0.700. The van der Waals surface area contributed by atoms with Gasteiger partial charge >= 0.3 is 5.69 Å². The molecule has 0 aliphatic carbocycles. The van der Waals surface area contributed by atoms with Gasteiger partial charge in [-0.15, -0.1) is 0 Å². The van der Waals surface area contributed by atoms with Crippen molar-refractivity contribution in [3.63, 3.8) is 0 Å². The average Bonchev–Trinajstić information content (AvgIpc) is 2.72. The number of aliphatic hydroxyl groups is 1. The highest BCUT2D eigenvalue weighted by Gasteiger charge is 2.36. The molecule has 18 heavy (non-hydrogen) atoms. The van der Waals surface area contributed by atoms with E-state index in [0.29, 0.717) is 6.42 Å². The third-order valence-electron chi connectivity index (χ3n) is 2.74. The van der Waals surface area contributed by atoms with Gasteiger partial charge in [0.2, 0.25) is 0 Å². The zero-order valence-corrected chi connectivity index (χ0v) is 11.5. The van der Waals surface area contributed by atoms with Crippen molar-refractivity contribution in [1.29, 1.82) is 0 Å². The number of anilines is 1. The van der Waals surface area contributed by atoms with Crippen LogP contribution in [0.2, 0.25) is 0 Å². The van der Waals surface area contributed by atoms with E-state index >= 15 is 0 Å². The molecule has 6 nitrogen and oxygen atoms in total. The molecule has 0 amide bonds. The van der Waals surface area contributed by atoms with Crippen LogP contribution in [0.1, 0.15) is 12.6 Å². The molecular formula is C10H15N3O3S2. The molecule has 3 atom stereocenters. The summed E-state index contributed by atoms with van der Waals surface area (Å²) in [6, 6.07) is 1.56. The van der Waals surface area contributed by atoms with Crippen LogP contribution in [0, 0.1) is 0 Å². The quantitative estimate of drug-likeness (QED) is 0.779. The Kier molecular flexibility index (Phi) is 4.55. The summed E-state index contributed by atoms with van der Waals surface area (Å²) in [6.45, 7) is -0.0497. The Balaban J connectivity index is 2.18. The summed E-state index contributed by atoms with van der Waals surface area (Å²) in [5, 5.41) is 9.44. The van der Waals surface area contributed by atoms with Crippen molar-refractivity contribution in [3.8, 4) is 0 Å². The standard InChI is InChI=1S/C10H15N3O3S2/c1-17-18-7-4-9(16-6(7)5-14)13-3-2-8(11)12-10(13)15/h2-3,6-7,9,14H,4-5H2,1H3,(H2,11,12,15)/t6-,7-,9-/m1/s1. The fourth-order valence-corrected chi connectivity index (χ4v) is 4.02. The Labute approximate surface area is 112 Å². The number of nitrogens with zero attached hydrogens (tertiary/aromatic N) is 2. The van der Waals surface area contributed by atoms with Gasteiger partial charge < -0.3 is 15.6 Å². The molecule has 8 heteroatoms. The summed E-state index contributed by atoms with van der Waals surface area (Å²) in [6.07, 6.45) is 3.59. The first-order valence-electron chi connectivity index (χ1n) is 5.46. The maximum atomic E-state index is 11.7. The van der Waals surface area contributed by atoms with Crippen LogP contribution < -0.4 is 11.4 Å². The minimum Gasteiger partial charge on any atom is -0.394 e. The molecule has 1 aliphatic heterocycles. The number of hydrogen-bond donors (Lipinski definition) is 2. The molecule has 1 saturated heterocycles. The molecule has 3 N–H and O–H groups in total. The van der Waals surface area contributed by atoms with Crippen molar-refractivity contribution < 1.29 is 9.84 Å². The van der Waals surface area contributed by atoms with Gasteiger partial charge in [-0.3, -0.25) is 4.57 Å². The molecule has 0 aromatic carbocycles. The van der Waals surface area contributed by atoms with Gasteiger partial charge in [-0.05, 0) is 12.3 Å². The van der Waals surface area contributed by atoms with Crippen molar-refractivity contribution in [2.75, 3.05) is 18.6 Å². The summed E-state index contributed by atoms with van der Waals surface area (Å²) < 4.78 is 7.10. The monoisotopic (exact) mass is 289 g/mol. The van der Waals surface area contributed by atoms with Crippen LogP contribution in [0.15, 0.2) is 17.1 Å². The number of aliphatic hydroxyl groups excluding tert-OH is 1. The van der Waals surface area contributed by atoms with Crippen molar-refractivity contribution in [1.82, 2.24) is 9.55 Å². The highest BCUT2D eigenvalue weighted by Crippen LogP contribution is 2.39. The number of ether oxygens (including phenoxy) is 1. The molecule has 1 aromatic rings. The van der Waals surface area contributed by atoms with E-state index in [2.05, 4.69) is 4.98 Å². The Morgan fingerprint density at radius 3 is 3.11 bits per heavy atom. The van der Waals surface area contributed by atoms with Gasteiger partial charge in [0.25, 0.3) is 0 Å². The summed E-state index contributed by atoms with van der Waals surface area (Å²) in [5.74, 6) is 0.197. The minimum absolute atomic E-state index is 0.0497. The van der Waals surface area contributed by atoms with Crippen LogP contribution in [0.4, 0.5) is 5.82 Å². The van der Waals surface area contributed by atoms with E-state index in [0.717, 1.165) is 0 Å². The van der Waals surface area contributed by atoms with Gasteiger partial charge in [0.1, 0.15) is 12.0 Å². The fourth-order valence-electron chi connectivity index (χ4n) is 1.91. The zero-order chi connectivity index (χ0) is 13.1. The summed E-state index contributed by atoms with van der Waals surface area (Å²) in [4.78, 5) is 15.4. The lowest BCUT2D eigenvalue weighted by molar-refractivity contribution is -0.0236. The predicted molar refractivity (Wildman–Crippen MR) is 73.4 cm³/mol. The van der Waals surface area contributed by atoms with Gasteiger partial charge in [-0.25, -0.2) is 4.79 Å². The Morgan fingerprint density at radius 1 is 1.72 bits per heavy atom. The van der Waals surface area contributed by atoms with E-state index in [-0.39, 0.29) is 30.0 Å². The lowest BCUT2D eigenvalue weighted by Gasteiger charge is -2.14. The van der Waals surface area contributed by atoms with Gasteiger partial charge in [0.15, 0.2) is 0 Å². The minimum atomic E-state index is -0.425. The first kappa shape index (κ1) is 13.7. The van der Waals surface area contributed by atoms with Crippen molar-refractivity contribution >= 4 is 27.4 Å². The van der Waals surface area contributed by atoms with E-state index in [1.165, 1.54) is 4.57 Å². The van der Waals surface area contributed by atoms with Gasteiger partial charge in [-0.2, -0.15) is 4.98 Å². The van der Waals surface area contributed by atoms with E-state index in [9.17, 15) is 9.90 Å².